The van der Waals surface area contributed by atoms with Crippen LogP contribution in [0.15, 0.2) is 30.0 Å². The summed E-state index contributed by atoms with van der Waals surface area (Å²) >= 11 is 0. The third-order valence-electron chi connectivity index (χ3n) is 3.18. The van der Waals surface area contributed by atoms with E-state index in [0.29, 0.717) is 18.0 Å². The van der Waals surface area contributed by atoms with E-state index in [1.807, 2.05) is 18.2 Å². The SMILES string of the molecule is CCCCN/C=C(/C#N)C(=O)NCc1ccc2c(c1)OCO2. The summed E-state index contributed by atoms with van der Waals surface area (Å²) in [4.78, 5) is 11.9. The van der Waals surface area contributed by atoms with E-state index in [1.165, 1.54) is 6.20 Å². The summed E-state index contributed by atoms with van der Waals surface area (Å²) in [6, 6.07) is 7.37. The highest BCUT2D eigenvalue weighted by atomic mass is 16.7. The van der Waals surface area contributed by atoms with E-state index in [9.17, 15) is 4.79 Å². The van der Waals surface area contributed by atoms with E-state index in [1.54, 1.807) is 6.07 Å². The summed E-state index contributed by atoms with van der Waals surface area (Å²) in [6.45, 7) is 3.37. The molecule has 6 nitrogen and oxygen atoms in total. The number of rotatable bonds is 7. The number of carbonyl (C=O) groups excluding carboxylic acids is 1. The van der Waals surface area contributed by atoms with Gasteiger partial charge >= 0.3 is 0 Å². The van der Waals surface area contributed by atoms with Gasteiger partial charge in [-0.15, -0.1) is 0 Å². The van der Waals surface area contributed by atoms with E-state index in [4.69, 9.17) is 14.7 Å². The number of nitriles is 1. The lowest BCUT2D eigenvalue weighted by molar-refractivity contribution is -0.117. The van der Waals surface area contributed by atoms with Gasteiger partial charge in [0, 0.05) is 19.3 Å². The van der Waals surface area contributed by atoms with E-state index < -0.39 is 5.91 Å². The summed E-state index contributed by atoms with van der Waals surface area (Å²) in [6.07, 6.45) is 3.51. The van der Waals surface area contributed by atoms with Gasteiger partial charge in [-0.3, -0.25) is 4.79 Å². The zero-order valence-electron chi connectivity index (χ0n) is 12.5. The van der Waals surface area contributed by atoms with Crippen LogP contribution in [0.1, 0.15) is 25.3 Å². The highest BCUT2D eigenvalue weighted by Gasteiger charge is 2.14. The van der Waals surface area contributed by atoms with Crippen molar-refractivity contribution in [2.45, 2.75) is 26.3 Å². The maximum atomic E-state index is 11.9. The van der Waals surface area contributed by atoms with Crippen LogP contribution in [0.4, 0.5) is 0 Å². The summed E-state index contributed by atoms with van der Waals surface area (Å²) in [5.41, 5.74) is 0.950. The van der Waals surface area contributed by atoms with Crippen LogP contribution in [-0.2, 0) is 11.3 Å². The number of hydrogen-bond donors (Lipinski definition) is 2. The summed E-state index contributed by atoms with van der Waals surface area (Å²) in [5, 5.41) is 14.7. The minimum Gasteiger partial charge on any atom is -0.454 e. The number of unbranched alkanes of at least 4 members (excludes halogenated alkanes) is 1. The first-order valence-corrected chi connectivity index (χ1v) is 7.25. The fourth-order valence-electron chi connectivity index (χ4n) is 1.93. The zero-order chi connectivity index (χ0) is 15.8. The van der Waals surface area contributed by atoms with Crippen molar-refractivity contribution in [3.8, 4) is 17.6 Å². The van der Waals surface area contributed by atoms with Crippen LogP contribution >= 0.6 is 0 Å². The molecule has 0 bridgehead atoms. The average Bonchev–Trinajstić information content (AvgIpc) is 3.00. The van der Waals surface area contributed by atoms with Crippen LogP contribution in [0.2, 0.25) is 0 Å². The first kappa shape index (κ1) is 15.7. The van der Waals surface area contributed by atoms with Crippen molar-refractivity contribution >= 4 is 5.91 Å². The Labute approximate surface area is 129 Å². The van der Waals surface area contributed by atoms with Crippen molar-refractivity contribution < 1.29 is 14.3 Å². The quantitative estimate of drug-likeness (QED) is 0.456. The lowest BCUT2D eigenvalue weighted by atomic mass is 10.2. The molecule has 22 heavy (non-hydrogen) atoms. The van der Waals surface area contributed by atoms with Crippen LogP contribution in [0, 0.1) is 11.3 Å². The second kappa shape index (κ2) is 7.93. The number of hydrogen-bond acceptors (Lipinski definition) is 5. The van der Waals surface area contributed by atoms with Crippen molar-refractivity contribution in [1.29, 1.82) is 5.26 Å². The van der Waals surface area contributed by atoms with Gasteiger partial charge in [-0.1, -0.05) is 19.4 Å². The topological polar surface area (TPSA) is 83.4 Å². The molecule has 1 aromatic carbocycles. The summed E-state index contributed by atoms with van der Waals surface area (Å²) in [7, 11) is 0. The lowest BCUT2D eigenvalue weighted by Gasteiger charge is -2.06. The van der Waals surface area contributed by atoms with Crippen molar-refractivity contribution in [1.82, 2.24) is 10.6 Å². The Morgan fingerprint density at radius 2 is 2.23 bits per heavy atom. The van der Waals surface area contributed by atoms with Crippen LogP contribution in [0.3, 0.4) is 0 Å². The highest BCUT2D eigenvalue weighted by molar-refractivity contribution is 5.97. The minimum absolute atomic E-state index is 0.0665. The molecule has 0 radical (unpaired) electrons. The van der Waals surface area contributed by atoms with Crippen molar-refractivity contribution in [2.75, 3.05) is 13.3 Å². The Kier molecular flexibility index (Phi) is 5.66. The lowest BCUT2D eigenvalue weighted by Crippen LogP contribution is -2.25. The van der Waals surface area contributed by atoms with E-state index >= 15 is 0 Å². The molecule has 1 aliphatic heterocycles. The first-order valence-electron chi connectivity index (χ1n) is 7.25. The molecule has 2 N–H and O–H groups in total. The maximum Gasteiger partial charge on any atom is 0.263 e. The number of fused-ring (bicyclic) bond motifs is 1. The molecule has 6 heteroatoms. The Bertz CT molecular complexity index is 605. The van der Waals surface area contributed by atoms with Gasteiger partial charge in [0.15, 0.2) is 11.5 Å². The van der Waals surface area contributed by atoms with Gasteiger partial charge in [-0.2, -0.15) is 5.26 Å². The molecule has 2 rings (SSSR count). The Morgan fingerprint density at radius 3 is 3.00 bits per heavy atom. The molecule has 0 aromatic heterocycles. The molecule has 1 amide bonds. The molecule has 0 atom stereocenters. The summed E-state index contributed by atoms with van der Waals surface area (Å²) in [5.74, 6) is 0.973. The van der Waals surface area contributed by atoms with Crippen LogP contribution in [-0.4, -0.2) is 19.2 Å². The van der Waals surface area contributed by atoms with Crippen LogP contribution in [0.5, 0.6) is 11.5 Å². The number of ether oxygens (including phenoxy) is 2. The van der Waals surface area contributed by atoms with E-state index in [2.05, 4.69) is 17.6 Å². The molecule has 116 valence electrons. The average molecular weight is 301 g/mol. The van der Waals surface area contributed by atoms with Crippen LogP contribution < -0.4 is 20.1 Å². The molecule has 1 aromatic rings. The minimum atomic E-state index is -0.399. The second-order valence-corrected chi connectivity index (χ2v) is 4.85. The smallest absolute Gasteiger partial charge is 0.263 e. The van der Waals surface area contributed by atoms with Crippen molar-refractivity contribution in [2.24, 2.45) is 0 Å². The Balaban J connectivity index is 1.87. The van der Waals surface area contributed by atoms with Crippen molar-refractivity contribution in [3.63, 3.8) is 0 Å². The predicted octanol–water partition coefficient (Wildman–Crippen LogP) is 1.83. The van der Waals surface area contributed by atoms with E-state index in [0.717, 1.165) is 24.9 Å². The zero-order valence-corrected chi connectivity index (χ0v) is 12.5. The number of nitrogens with zero attached hydrogens (tertiary/aromatic N) is 1. The molecular weight excluding hydrogens is 282 g/mol. The van der Waals surface area contributed by atoms with Gasteiger partial charge in [0.2, 0.25) is 6.79 Å². The fraction of sp³-hybridized carbons (Fsp3) is 0.375. The molecule has 1 aliphatic rings. The van der Waals surface area contributed by atoms with Gasteiger partial charge in [-0.25, -0.2) is 0 Å². The molecular formula is C16H19N3O3. The highest BCUT2D eigenvalue weighted by Crippen LogP contribution is 2.32. The van der Waals surface area contributed by atoms with Gasteiger partial charge in [0.05, 0.1) is 0 Å². The molecule has 0 unspecified atom stereocenters. The fourth-order valence-corrected chi connectivity index (χ4v) is 1.93. The molecule has 1 heterocycles. The Morgan fingerprint density at radius 1 is 1.41 bits per heavy atom. The summed E-state index contributed by atoms with van der Waals surface area (Å²) < 4.78 is 10.5. The van der Waals surface area contributed by atoms with Gasteiger partial charge in [0.1, 0.15) is 11.6 Å². The second-order valence-electron chi connectivity index (χ2n) is 4.85. The predicted molar refractivity (Wildman–Crippen MR) is 81.0 cm³/mol. The first-order chi connectivity index (χ1) is 10.7. The van der Waals surface area contributed by atoms with Gasteiger partial charge in [0.25, 0.3) is 5.91 Å². The number of amides is 1. The maximum absolute atomic E-state index is 11.9. The van der Waals surface area contributed by atoms with Crippen LogP contribution in [0.25, 0.3) is 0 Å². The number of benzene rings is 1. The third kappa shape index (κ3) is 4.16. The number of carbonyl (C=O) groups is 1. The standard InChI is InChI=1S/C16H19N3O3/c1-2-3-6-18-10-13(8-17)16(20)19-9-12-4-5-14-15(7-12)22-11-21-14/h4-5,7,10,18H,2-3,6,9,11H2,1H3,(H,19,20)/b13-10-. The largest absolute Gasteiger partial charge is 0.454 e. The number of nitrogens with one attached hydrogen (secondary N) is 2. The van der Waals surface area contributed by atoms with Gasteiger partial charge in [-0.05, 0) is 24.1 Å². The molecule has 0 aliphatic carbocycles. The molecule has 0 saturated carbocycles. The molecule has 0 spiro atoms. The van der Waals surface area contributed by atoms with E-state index in [-0.39, 0.29) is 12.4 Å². The van der Waals surface area contributed by atoms with Gasteiger partial charge < -0.3 is 20.1 Å². The third-order valence-corrected chi connectivity index (χ3v) is 3.18. The van der Waals surface area contributed by atoms with Crippen molar-refractivity contribution in [3.05, 3.63) is 35.5 Å². The molecule has 0 saturated heterocycles. The normalized spacial score (nSPS) is 12.6. The molecule has 0 fully saturated rings. The monoisotopic (exact) mass is 301 g/mol. The Hall–Kier alpha value is -2.68.